The van der Waals surface area contributed by atoms with Crippen LogP contribution < -0.4 is 10.1 Å². The zero-order valence-electron chi connectivity index (χ0n) is 15.5. The first-order valence-corrected chi connectivity index (χ1v) is 9.19. The quantitative estimate of drug-likeness (QED) is 0.664. The number of amides is 1. The number of nitrogens with zero attached hydrogens (tertiary/aromatic N) is 3. The van der Waals surface area contributed by atoms with Crippen molar-refractivity contribution in [2.45, 2.75) is 13.0 Å². The summed E-state index contributed by atoms with van der Waals surface area (Å²) in [7, 11) is 0. The van der Waals surface area contributed by atoms with Gasteiger partial charge in [0.25, 0.3) is 5.91 Å². The highest BCUT2D eigenvalue weighted by atomic mass is 16.5. The number of hydrazone groups is 1. The van der Waals surface area contributed by atoms with Crippen LogP contribution in [0, 0.1) is 5.92 Å². The van der Waals surface area contributed by atoms with Crippen LogP contribution in [-0.4, -0.2) is 16.8 Å². The molecule has 3 aromatic carbocycles. The van der Waals surface area contributed by atoms with Gasteiger partial charge in [-0.1, -0.05) is 66.7 Å². The van der Waals surface area contributed by atoms with Crippen molar-refractivity contribution < 1.29 is 10.0 Å². The summed E-state index contributed by atoms with van der Waals surface area (Å²) in [5, 5.41) is 18.2. The van der Waals surface area contributed by atoms with Gasteiger partial charge in [-0.25, -0.2) is 10.1 Å². The molecule has 5 nitrogen and oxygen atoms in total. The molecule has 3 aromatic rings. The van der Waals surface area contributed by atoms with E-state index in [1.165, 1.54) is 10.1 Å². The number of hydroxylamine groups is 1. The van der Waals surface area contributed by atoms with Gasteiger partial charge in [0.1, 0.15) is 5.92 Å². The van der Waals surface area contributed by atoms with Gasteiger partial charge in [0.2, 0.25) is 0 Å². The second-order valence-corrected chi connectivity index (χ2v) is 6.74. The van der Waals surface area contributed by atoms with Crippen molar-refractivity contribution in [3.05, 3.63) is 96.6 Å². The maximum absolute atomic E-state index is 13.3. The van der Waals surface area contributed by atoms with Crippen molar-refractivity contribution in [3.8, 4) is 0 Å². The number of anilines is 2. The van der Waals surface area contributed by atoms with E-state index in [1.54, 1.807) is 0 Å². The molecule has 0 aromatic heterocycles. The Morgan fingerprint density at radius 3 is 2.04 bits per heavy atom. The summed E-state index contributed by atoms with van der Waals surface area (Å²) in [6.45, 7) is 1.83. The summed E-state index contributed by atoms with van der Waals surface area (Å²) in [4.78, 5) is 13.3. The van der Waals surface area contributed by atoms with Crippen LogP contribution in [0.3, 0.4) is 0 Å². The van der Waals surface area contributed by atoms with E-state index in [4.69, 9.17) is 0 Å². The molecule has 28 heavy (non-hydrogen) atoms. The third-order valence-corrected chi connectivity index (χ3v) is 4.92. The number of para-hydroxylation sites is 2. The standard InChI is InChI=1S/C23H21N3O2/c1-17-21(23(27)25(24-17)19-13-7-3-8-14-19)22(18-11-5-2-6-12-18)26(28)20-15-9-4-10-16-20/h2-16,21-22,28H,1H3/t21-,22-/m1/s1. The Kier molecular flexibility index (Phi) is 4.91. The number of rotatable bonds is 5. The van der Waals surface area contributed by atoms with Crippen molar-refractivity contribution in [1.82, 2.24) is 0 Å². The molecule has 0 fully saturated rings. The Hall–Kier alpha value is -3.44. The van der Waals surface area contributed by atoms with Gasteiger partial charge in [0, 0.05) is 0 Å². The number of hydrogen-bond donors (Lipinski definition) is 1. The smallest absolute Gasteiger partial charge is 0.258 e. The zero-order chi connectivity index (χ0) is 19.5. The fraction of sp³-hybridized carbons (Fsp3) is 0.130. The van der Waals surface area contributed by atoms with Gasteiger partial charge in [-0.2, -0.15) is 5.10 Å². The summed E-state index contributed by atoms with van der Waals surface area (Å²) in [5.74, 6) is -0.764. The minimum atomic E-state index is -0.604. The molecule has 0 aliphatic carbocycles. The minimum absolute atomic E-state index is 0.160. The molecule has 0 radical (unpaired) electrons. The number of benzene rings is 3. The lowest BCUT2D eigenvalue weighted by atomic mass is 9.88. The number of hydrogen-bond acceptors (Lipinski definition) is 4. The Labute approximate surface area is 164 Å². The largest absolute Gasteiger partial charge is 0.288 e. The highest BCUT2D eigenvalue weighted by Crippen LogP contribution is 2.37. The second kappa shape index (κ2) is 7.66. The van der Waals surface area contributed by atoms with Crippen molar-refractivity contribution in [2.75, 3.05) is 10.1 Å². The summed E-state index contributed by atoms with van der Waals surface area (Å²) in [6, 6.07) is 27.5. The number of carbonyl (C=O) groups is 1. The summed E-state index contributed by atoms with van der Waals surface area (Å²) in [6.07, 6.45) is 0. The third-order valence-electron chi connectivity index (χ3n) is 4.92. The fourth-order valence-corrected chi connectivity index (χ4v) is 3.56. The maximum atomic E-state index is 13.3. The van der Waals surface area contributed by atoms with Crippen LogP contribution in [0.15, 0.2) is 96.1 Å². The lowest BCUT2D eigenvalue weighted by Crippen LogP contribution is -2.39. The van der Waals surface area contributed by atoms with E-state index in [2.05, 4.69) is 5.10 Å². The highest BCUT2D eigenvalue weighted by molar-refractivity contribution is 6.15. The van der Waals surface area contributed by atoms with E-state index in [-0.39, 0.29) is 5.91 Å². The molecule has 0 saturated heterocycles. The minimum Gasteiger partial charge on any atom is -0.288 e. The van der Waals surface area contributed by atoms with Crippen molar-refractivity contribution in [2.24, 2.45) is 11.0 Å². The van der Waals surface area contributed by atoms with Crippen LogP contribution in [0.2, 0.25) is 0 Å². The SMILES string of the molecule is CC1=NN(c2ccccc2)C(=O)[C@H]1[C@@H](c1ccccc1)N(O)c1ccccc1. The summed E-state index contributed by atoms with van der Waals surface area (Å²) < 4.78 is 0. The Balaban J connectivity index is 1.75. The molecule has 1 aliphatic heterocycles. The lowest BCUT2D eigenvalue weighted by Gasteiger charge is -2.32. The van der Waals surface area contributed by atoms with E-state index >= 15 is 0 Å². The Morgan fingerprint density at radius 2 is 1.43 bits per heavy atom. The van der Waals surface area contributed by atoms with Crippen LogP contribution in [0.5, 0.6) is 0 Å². The first-order chi connectivity index (χ1) is 13.7. The van der Waals surface area contributed by atoms with Gasteiger partial charge in [0.05, 0.1) is 23.1 Å². The van der Waals surface area contributed by atoms with Gasteiger partial charge in [0.15, 0.2) is 0 Å². The predicted molar refractivity (Wildman–Crippen MR) is 110 cm³/mol. The molecule has 0 bridgehead atoms. The zero-order valence-corrected chi connectivity index (χ0v) is 15.5. The molecule has 1 aliphatic rings. The summed E-state index contributed by atoms with van der Waals surface area (Å²) in [5.41, 5.74) is 2.84. The van der Waals surface area contributed by atoms with Crippen molar-refractivity contribution in [1.29, 1.82) is 0 Å². The molecule has 1 heterocycles. The molecular weight excluding hydrogens is 350 g/mol. The van der Waals surface area contributed by atoms with E-state index in [9.17, 15) is 10.0 Å². The van der Waals surface area contributed by atoms with Gasteiger partial charge < -0.3 is 0 Å². The first-order valence-electron chi connectivity index (χ1n) is 9.19. The normalized spacial score (nSPS) is 17.4. The molecule has 5 heteroatoms. The fourth-order valence-electron chi connectivity index (χ4n) is 3.56. The van der Waals surface area contributed by atoms with Crippen LogP contribution in [-0.2, 0) is 4.79 Å². The Bertz CT molecular complexity index is 975. The molecule has 0 unspecified atom stereocenters. The third kappa shape index (κ3) is 3.28. The summed E-state index contributed by atoms with van der Waals surface area (Å²) >= 11 is 0. The van der Waals surface area contributed by atoms with Gasteiger partial charge in [-0.05, 0) is 36.8 Å². The number of carbonyl (C=O) groups excluding carboxylic acids is 1. The van der Waals surface area contributed by atoms with Gasteiger partial charge in [-0.3, -0.25) is 10.0 Å². The first kappa shape index (κ1) is 17.9. The van der Waals surface area contributed by atoms with Crippen molar-refractivity contribution >= 4 is 23.0 Å². The molecule has 140 valence electrons. The van der Waals surface area contributed by atoms with Gasteiger partial charge >= 0.3 is 0 Å². The van der Waals surface area contributed by atoms with Crippen LogP contribution in [0.25, 0.3) is 0 Å². The Morgan fingerprint density at radius 1 is 0.893 bits per heavy atom. The maximum Gasteiger partial charge on any atom is 0.258 e. The molecule has 0 spiro atoms. The van der Waals surface area contributed by atoms with Crippen LogP contribution in [0.4, 0.5) is 11.4 Å². The van der Waals surface area contributed by atoms with E-state index < -0.39 is 12.0 Å². The molecular formula is C23H21N3O2. The topological polar surface area (TPSA) is 56.1 Å². The highest BCUT2D eigenvalue weighted by Gasteiger charge is 2.43. The molecule has 4 rings (SSSR count). The van der Waals surface area contributed by atoms with E-state index in [0.29, 0.717) is 17.1 Å². The van der Waals surface area contributed by atoms with E-state index in [0.717, 1.165) is 5.56 Å². The van der Waals surface area contributed by atoms with Crippen LogP contribution in [0.1, 0.15) is 18.5 Å². The molecule has 0 saturated carbocycles. The van der Waals surface area contributed by atoms with E-state index in [1.807, 2.05) is 97.9 Å². The average molecular weight is 371 g/mol. The molecule has 1 amide bonds. The van der Waals surface area contributed by atoms with Crippen LogP contribution >= 0.6 is 0 Å². The monoisotopic (exact) mass is 371 g/mol. The molecule has 2 atom stereocenters. The molecule has 1 N–H and O–H groups in total. The van der Waals surface area contributed by atoms with Gasteiger partial charge in [-0.15, -0.1) is 0 Å². The van der Waals surface area contributed by atoms with Crippen molar-refractivity contribution in [3.63, 3.8) is 0 Å². The average Bonchev–Trinajstić information content (AvgIpc) is 3.05. The lowest BCUT2D eigenvalue weighted by molar-refractivity contribution is -0.120. The predicted octanol–water partition coefficient (Wildman–Crippen LogP) is 4.66. The second-order valence-electron chi connectivity index (χ2n) is 6.74.